The number of benzene rings is 3. The second-order valence-corrected chi connectivity index (χ2v) is 8.98. The molecular weight excluding hydrogens is 452 g/mol. The largest absolute Gasteiger partial charge is 0.478 e. The number of nitrogens with two attached hydrogens (primary N) is 2. The summed E-state index contributed by atoms with van der Waals surface area (Å²) in [6, 6.07) is 7.86. The van der Waals surface area contributed by atoms with Gasteiger partial charge in [-0.2, -0.15) is 16.8 Å². The molecule has 0 amide bonds. The zero-order chi connectivity index (χ0) is 23.1. The van der Waals surface area contributed by atoms with Gasteiger partial charge in [-0.1, -0.05) is 18.2 Å². The van der Waals surface area contributed by atoms with Crippen molar-refractivity contribution >= 4 is 59.7 Å². The maximum atomic E-state index is 12.0. The monoisotopic (exact) mass is 466 g/mol. The van der Waals surface area contributed by atoms with Gasteiger partial charge in [0.05, 0.1) is 11.3 Å². The molecule has 0 aliphatic carbocycles. The lowest BCUT2D eigenvalue weighted by atomic mass is 10.1. The number of carbonyl (C=O) groups is 1. The third-order valence-electron chi connectivity index (χ3n) is 4.14. The van der Waals surface area contributed by atoms with Crippen molar-refractivity contribution in [1.29, 1.82) is 0 Å². The molecule has 31 heavy (non-hydrogen) atoms. The molecule has 0 fully saturated rings. The standard InChI is InChI=1S/C17H14N4O8S2/c18-8-6-11(17(22)23)15(12(19)7-8)21-20-13-5-4-9-10(16(13)31(27,28)29)2-1-3-14(9)30(24,25)26/h1-7H,18-19H2,(H,22,23)(H,24,25,26)(H,27,28,29). The molecule has 0 heterocycles. The number of carboxylic acid groups (broad SMARTS) is 1. The molecule has 7 N–H and O–H groups in total. The van der Waals surface area contributed by atoms with E-state index in [4.69, 9.17) is 11.5 Å². The molecule has 0 saturated heterocycles. The Labute approximate surface area is 175 Å². The molecule has 0 aliphatic heterocycles. The lowest BCUT2D eigenvalue weighted by molar-refractivity contribution is 0.0697. The minimum atomic E-state index is -4.97. The Bertz CT molecular complexity index is 1480. The van der Waals surface area contributed by atoms with Crippen LogP contribution in [0, 0.1) is 0 Å². The van der Waals surface area contributed by atoms with Crippen LogP contribution in [0.5, 0.6) is 0 Å². The second kappa shape index (κ2) is 7.59. The summed E-state index contributed by atoms with van der Waals surface area (Å²) >= 11 is 0. The molecule has 0 aliphatic rings. The van der Waals surface area contributed by atoms with Gasteiger partial charge in [-0.15, -0.1) is 10.2 Å². The molecule has 0 spiro atoms. The second-order valence-electron chi connectivity index (χ2n) is 6.23. The van der Waals surface area contributed by atoms with Crippen molar-refractivity contribution in [3.63, 3.8) is 0 Å². The predicted octanol–water partition coefficient (Wildman–Crippen LogP) is 2.61. The van der Waals surface area contributed by atoms with Crippen LogP contribution in [0.25, 0.3) is 10.8 Å². The van der Waals surface area contributed by atoms with Gasteiger partial charge in [-0.3, -0.25) is 9.11 Å². The summed E-state index contributed by atoms with van der Waals surface area (Å²) in [4.78, 5) is 10.1. The molecule has 14 heteroatoms. The number of nitrogen functional groups attached to an aromatic ring is 2. The van der Waals surface area contributed by atoms with Crippen molar-refractivity contribution in [3.05, 3.63) is 48.0 Å². The molecule has 3 aromatic carbocycles. The average molecular weight is 466 g/mol. The minimum Gasteiger partial charge on any atom is -0.478 e. The number of anilines is 2. The van der Waals surface area contributed by atoms with Gasteiger partial charge >= 0.3 is 5.97 Å². The van der Waals surface area contributed by atoms with Gasteiger partial charge in [0.1, 0.15) is 21.2 Å². The summed E-state index contributed by atoms with van der Waals surface area (Å²) in [6.45, 7) is 0. The van der Waals surface area contributed by atoms with Crippen LogP contribution in [0.15, 0.2) is 62.5 Å². The number of nitrogens with zero attached hydrogens (tertiary/aromatic N) is 2. The Morgan fingerprint density at radius 1 is 0.871 bits per heavy atom. The topological polar surface area (TPSA) is 223 Å². The van der Waals surface area contributed by atoms with Gasteiger partial charge in [-0.05, 0) is 24.3 Å². The lowest BCUT2D eigenvalue weighted by Crippen LogP contribution is -2.03. The van der Waals surface area contributed by atoms with Crippen LogP contribution in [0.1, 0.15) is 10.4 Å². The smallest absolute Gasteiger partial charge is 0.338 e. The molecule has 0 atom stereocenters. The number of carboxylic acids is 1. The molecule has 162 valence electrons. The molecule has 0 aromatic heterocycles. The van der Waals surface area contributed by atoms with Crippen LogP contribution in [0.2, 0.25) is 0 Å². The van der Waals surface area contributed by atoms with Crippen LogP contribution in [0.3, 0.4) is 0 Å². The summed E-state index contributed by atoms with van der Waals surface area (Å²) in [5.41, 5.74) is 10.1. The quantitative estimate of drug-likeness (QED) is 0.210. The van der Waals surface area contributed by atoms with Crippen LogP contribution in [-0.2, 0) is 20.2 Å². The van der Waals surface area contributed by atoms with Crippen LogP contribution >= 0.6 is 0 Å². The summed E-state index contributed by atoms with van der Waals surface area (Å²) in [7, 11) is -9.68. The fraction of sp³-hybridized carbons (Fsp3) is 0. The van der Waals surface area contributed by atoms with E-state index < -0.39 is 47.2 Å². The number of azo groups is 1. The van der Waals surface area contributed by atoms with Crippen molar-refractivity contribution in [2.24, 2.45) is 10.2 Å². The normalized spacial score (nSPS) is 12.5. The Morgan fingerprint density at radius 3 is 2.13 bits per heavy atom. The first-order chi connectivity index (χ1) is 14.3. The van der Waals surface area contributed by atoms with E-state index >= 15 is 0 Å². The highest BCUT2D eigenvalue weighted by atomic mass is 32.2. The lowest BCUT2D eigenvalue weighted by Gasteiger charge is -2.10. The van der Waals surface area contributed by atoms with Crippen molar-refractivity contribution in [1.82, 2.24) is 0 Å². The Kier molecular flexibility index (Phi) is 5.41. The zero-order valence-electron chi connectivity index (χ0n) is 15.3. The Morgan fingerprint density at radius 2 is 1.55 bits per heavy atom. The number of fused-ring (bicyclic) bond motifs is 1. The van der Waals surface area contributed by atoms with Crippen molar-refractivity contribution in [3.8, 4) is 0 Å². The highest BCUT2D eigenvalue weighted by Crippen LogP contribution is 2.37. The molecule has 0 unspecified atom stereocenters. The summed E-state index contributed by atoms with van der Waals surface area (Å²) in [5, 5.41) is 16.3. The van der Waals surface area contributed by atoms with Crippen LogP contribution < -0.4 is 11.5 Å². The number of aromatic carboxylic acids is 1. The summed E-state index contributed by atoms with van der Waals surface area (Å²) in [5.74, 6) is -1.42. The van der Waals surface area contributed by atoms with E-state index in [0.717, 1.165) is 30.3 Å². The Hall–Kier alpha value is -3.59. The summed E-state index contributed by atoms with van der Waals surface area (Å²) < 4.78 is 66.3. The van der Waals surface area contributed by atoms with E-state index in [-0.39, 0.29) is 27.8 Å². The number of hydrogen-bond acceptors (Lipinski definition) is 9. The van der Waals surface area contributed by atoms with E-state index in [1.165, 1.54) is 12.1 Å². The van der Waals surface area contributed by atoms with Gasteiger partial charge in [0.2, 0.25) is 0 Å². The molecule has 0 radical (unpaired) electrons. The fourth-order valence-corrected chi connectivity index (χ4v) is 4.46. The maximum Gasteiger partial charge on any atom is 0.338 e. The first kappa shape index (κ1) is 22.1. The third-order valence-corrected chi connectivity index (χ3v) is 5.99. The summed E-state index contributed by atoms with van der Waals surface area (Å²) in [6.07, 6.45) is 0. The van der Waals surface area contributed by atoms with Crippen LogP contribution in [-0.4, -0.2) is 37.0 Å². The molecule has 0 bridgehead atoms. The fourth-order valence-electron chi connectivity index (χ4n) is 2.92. The molecular formula is C17H14N4O8S2. The van der Waals surface area contributed by atoms with Gasteiger partial charge < -0.3 is 16.6 Å². The van der Waals surface area contributed by atoms with Gasteiger partial charge in [-0.25, -0.2) is 4.79 Å². The third kappa shape index (κ3) is 4.31. The van der Waals surface area contributed by atoms with Crippen molar-refractivity contribution < 1.29 is 35.8 Å². The average Bonchev–Trinajstić information content (AvgIpc) is 2.63. The van der Waals surface area contributed by atoms with Gasteiger partial charge in [0, 0.05) is 16.5 Å². The van der Waals surface area contributed by atoms with Gasteiger partial charge in [0.15, 0.2) is 0 Å². The number of rotatable bonds is 5. The SMILES string of the molecule is Nc1cc(N)c(N=Nc2ccc3c(S(=O)(=O)O)cccc3c2S(=O)(=O)O)c(C(=O)O)c1. The highest BCUT2D eigenvalue weighted by molar-refractivity contribution is 7.86. The van der Waals surface area contributed by atoms with E-state index in [0.29, 0.717) is 0 Å². The Balaban J connectivity index is 2.32. The van der Waals surface area contributed by atoms with Crippen molar-refractivity contribution in [2.45, 2.75) is 9.79 Å². The predicted molar refractivity (Wildman–Crippen MR) is 110 cm³/mol. The van der Waals surface area contributed by atoms with Crippen LogP contribution in [0.4, 0.5) is 22.7 Å². The van der Waals surface area contributed by atoms with E-state index in [2.05, 4.69) is 10.2 Å². The highest BCUT2D eigenvalue weighted by Gasteiger charge is 2.24. The zero-order valence-corrected chi connectivity index (χ0v) is 16.9. The minimum absolute atomic E-state index is 0.0518. The number of hydrogen-bond donors (Lipinski definition) is 5. The molecule has 3 rings (SSSR count). The molecule has 12 nitrogen and oxygen atoms in total. The molecule has 3 aromatic rings. The first-order valence-electron chi connectivity index (χ1n) is 8.15. The van der Waals surface area contributed by atoms with E-state index in [1.807, 2.05) is 0 Å². The maximum absolute atomic E-state index is 12.0. The first-order valence-corrected chi connectivity index (χ1v) is 11.0. The van der Waals surface area contributed by atoms with Gasteiger partial charge in [0.25, 0.3) is 20.2 Å². The van der Waals surface area contributed by atoms with E-state index in [9.17, 15) is 35.8 Å². The molecule has 0 saturated carbocycles. The van der Waals surface area contributed by atoms with Crippen molar-refractivity contribution in [2.75, 3.05) is 11.5 Å². The van der Waals surface area contributed by atoms with E-state index in [1.54, 1.807) is 0 Å².